The molecule has 1 rings (SSSR count). The van der Waals surface area contributed by atoms with Gasteiger partial charge >= 0.3 is 0 Å². The standard InChI is InChI=1S/C11H17NO2/c1-2-3-4-7-11(13)12-9-10-6-5-8-14-10/h1,10H,3-9H2,(H,12,13). The van der Waals surface area contributed by atoms with Gasteiger partial charge in [-0.2, -0.15) is 0 Å². The van der Waals surface area contributed by atoms with Crippen LogP contribution in [0.2, 0.25) is 0 Å². The molecule has 1 saturated heterocycles. The lowest BCUT2D eigenvalue weighted by atomic mass is 10.2. The molecule has 1 aliphatic rings. The van der Waals surface area contributed by atoms with Crippen molar-refractivity contribution in [2.45, 2.75) is 38.2 Å². The van der Waals surface area contributed by atoms with E-state index in [1.807, 2.05) is 0 Å². The Morgan fingerprint density at radius 1 is 1.64 bits per heavy atom. The van der Waals surface area contributed by atoms with Crippen molar-refractivity contribution in [2.24, 2.45) is 0 Å². The molecule has 0 spiro atoms. The largest absolute Gasteiger partial charge is 0.376 e. The number of carbonyl (C=O) groups is 1. The van der Waals surface area contributed by atoms with Crippen LogP contribution in [0.4, 0.5) is 0 Å². The quantitative estimate of drug-likeness (QED) is 0.526. The third-order valence-corrected chi connectivity index (χ3v) is 2.28. The zero-order valence-electron chi connectivity index (χ0n) is 8.42. The highest BCUT2D eigenvalue weighted by Gasteiger charge is 2.15. The second kappa shape index (κ2) is 6.44. The van der Waals surface area contributed by atoms with Crippen molar-refractivity contribution in [3.05, 3.63) is 0 Å². The molecule has 0 aromatic rings. The van der Waals surface area contributed by atoms with Crippen LogP contribution in [0.3, 0.4) is 0 Å². The van der Waals surface area contributed by atoms with Gasteiger partial charge in [0.25, 0.3) is 0 Å². The molecule has 3 nitrogen and oxygen atoms in total. The average Bonchev–Trinajstić information content (AvgIpc) is 2.68. The van der Waals surface area contributed by atoms with Crippen LogP contribution in [0.1, 0.15) is 32.1 Å². The van der Waals surface area contributed by atoms with Crippen molar-refractivity contribution in [3.63, 3.8) is 0 Å². The number of unbranched alkanes of at least 4 members (excludes halogenated alkanes) is 1. The van der Waals surface area contributed by atoms with Crippen molar-refractivity contribution >= 4 is 5.91 Å². The SMILES string of the molecule is C#CCCCC(=O)NCC1CCCO1. The summed E-state index contributed by atoms with van der Waals surface area (Å²) in [6, 6.07) is 0. The molecule has 0 saturated carbocycles. The molecule has 0 aromatic heterocycles. The number of hydrogen-bond acceptors (Lipinski definition) is 2. The highest BCUT2D eigenvalue weighted by Crippen LogP contribution is 2.10. The van der Waals surface area contributed by atoms with Crippen LogP contribution >= 0.6 is 0 Å². The first-order valence-electron chi connectivity index (χ1n) is 5.14. The molecule has 1 unspecified atom stereocenters. The minimum Gasteiger partial charge on any atom is -0.376 e. The van der Waals surface area contributed by atoms with Crippen LogP contribution in [-0.4, -0.2) is 25.2 Å². The summed E-state index contributed by atoms with van der Waals surface area (Å²) in [6.45, 7) is 1.48. The number of terminal acetylenes is 1. The van der Waals surface area contributed by atoms with Gasteiger partial charge in [-0.25, -0.2) is 0 Å². The van der Waals surface area contributed by atoms with Crippen LogP contribution in [-0.2, 0) is 9.53 Å². The summed E-state index contributed by atoms with van der Waals surface area (Å²) < 4.78 is 5.38. The molecule has 14 heavy (non-hydrogen) atoms. The number of carbonyl (C=O) groups excluding carboxylic acids is 1. The van der Waals surface area contributed by atoms with Crippen LogP contribution in [0.25, 0.3) is 0 Å². The van der Waals surface area contributed by atoms with E-state index in [0.29, 0.717) is 19.4 Å². The van der Waals surface area contributed by atoms with Crippen molar-refractivity contribution in [2.75, 3.05) is 13.2 Å². The van der Waals surface area contributed by atoms with Gasteiger partial charge < -0.3 is 10.1 Å². The lowest BCUT2D eigenvalue weighted by Gasteiger charge is -2.10. The fraction of sp³-hybridized carbons (Fsp3) is 0.727. The Morgan fingerprint density at radius 2 is 2.50 bits per heavy atom. The highest BCUT2D eigenvalue weighted by molar-refractivity contribution is 5.75. The van der Waals surface area contributed by atoms with Gasteiger partial charge in [0.2, 0.25) is 5.91 Å². The summed E-state index contributed by atoms with van der Waals surface area (Å²) in [6.07, 6.45) is 9.45. The first kappa shape index (κ1) is 11.1. The average molecular weight is 195 g/mol. The molecule has 1 heterocycles. The van der Waals surface area contributed by atoms with Crippen LogP contribution in [0, 0.1) is 12.3 Å². The Morgan fingerprint density at radius 3 is 3.14 bits per heavy atom. The minimum atomic E-state index is 0.0794. The maximum absolute atomic E-state index is 11.2. The molecule has 0 aromatic carbocycles. The number of rotatable bonds is 5. The minimum absolute atomic E-state index is 0.0794. The number of hydrogen-bond donors (Lipinski definition) is 1. The first-order valence-corrected chi connectivity index (χ1v) is 5.14. The molecule has 1 fully saturated rings. The Balaban J connectivity index is 2.00. The van der Waals surface area contributed by atoms with Crippen molar-refractivity contribution < 1.29 is 9.53 Å². The molecule has 0 radical (unpaired) electrons. The van der Waals surface area contributed by atoms with Crippen LogP contribution < -0.4 is 5.32 Å². The summed E-state index contributed by atoms with van der Waals surface area (Å²) in [7, 11) is 0. The summed E-state index contributed by atoms with van der Waals surface area (Å²) >= 11 is 0. The van der Waals surface area contributed by atoms with Gasteiger partial charge in [-0.1, -0.05) is 0 Å². The van der Waals surface area contributed by atoms with Gasteiger partial charge in [0.1, 0.15) is 0 Å². The van der Waals surface area contributed by atoms with E-state index < -0.39 is 0 Å². The Hall–Kier alpha value is -1.01. The zero-order valence-corrected chi connectivity index (χ0v) is 8.42. The van der Waals surface area contributed by atoms with Crippen molar-refractivity contribution in [1.29, 1.82) is 0 Å². The Labute approximate surface area is 85.2 Å². The Kier molecular flexibility index (Phi) is 5.09. The van der Waals surface area contributed by atoms with E-state index in [0.717, 1.165) is 25.9 Å². The lowest BCUT2D eigenvalue weighted by molar-refractivity contribution is -0.121. The van der Waals surface area contributed by atoms with Crippen LogP contribution in [0.15, 0.2) is 0 Å². The lowest BCUT2D eigenvalue weighted by Crippen LogP contribution is -2.31. The smallest absolute Gasteiger partial charge is 0.220 e. The molecular formula is C11H17NO2. The van der Waals surface area contributed by atoms with E-state index in [1.54, 1.807) is 0 Å². The van der Waals surface area contributed by atoms with Gasteiger partial charge in [-0.05, 0) is 19.3 Å². The summed E-state index contributed by atoms with van der Waals surface area (Å²) in [5, 5.41) is 2.85. The summed E-state index contributed by atoms with van der Waals surface area (Å²) in [5.41, 5.74) is 0. The third-order valence-electron chi connectivity index (χ3n) is 2.28. The normalized spacial score (nSPS) is 20.4. The van der Waals surface area contributed by atoms with Gasteiger partial charge in [0, 0.05) is 26.0 Å². The molecule has 1 amide bonds. The van der Waals surface area contributed by atoms with Gasteiger partial charge in [0.15, 0.2) is 0 Å². The second-order valence-corrected chi connectivity index (χ2v) is 3.50. The van der Waals surface area contributed by atoms with E-state index in [1.165, 1.54) is 0 Å². The third kappa shape index (κ3) is 4.29. The maximum atomic E-state index is 11.2. The number of amides is 1. The van der Waals surface area contributed by atoms with E-state index in [-0.39, 0.29) is 12.0 Å². The first-order chi connectivity index (χ1) is 6.83. The van der Waals surface area contributed by atoms with Gasteiger partial charge in [-0.15, -0.1) is 12.3 Å². The summed E-state index contributed by atoms with van der Waals surface area (Å²) in [5.74, 6) is 2.59. The molecule has 0 aliphatic carbocycles. The van der Waals surface area contributed by atoms with Crippen LogP contribution in [0.5, 0.6) is 0 Å². The molecular weight excluding hydrogens is 178 g/mol. The van der Waals surface area contributed by atoms with E-state index in [4.69, 9.17) is 11.2 Å². The van der Waals surface area contributed by atoms with E-state index >= 15 is 0 Å². The predicted molar refractivity (Wildman–Crippen MR) is 54.7 cm³/mol. The zero-order chi connectivity index (χ0) is 10.2. The van der Waals surface area contributed by atoms with E-state index in [9.17, 15) is 4.79 Å². The monoisotopic (exact) mass is 195 g/mol. The number of ether oxygens (including phenoxy) is 1. The molecule has 1 atom stereocenters. The molecule has 0 bridgehead atoms. The fourth-order valence-corrected chi connectivity index (χ4v) is 1.47. The molecule has 3 heteroatoms. The van der Waals surface area contributed by atoms with Crippen molar-refractivity contribution in [3.8, 4) is 12.3 Å². The summed E-state index contributed by atoms with van der Waals surface area (Å²) in [4.78, 5) is 11.2. The second-order valence-electron chi connectivity index (χ2n) is 3.50. The number of nitrogens with one attached hydrogen (secondary N) is 1. The van der Waals surface area contributed by atoms with E-state index in [2.05, 4.69) is 11.2 Å². The van der Waals surface area contributed by atoms with Crippen molar-refractivity contribution in [1.82, 2.24) is 5.32 Å². The molecule has 1 N–H and O–H groups in total. The molecule has 78 valence electrons. The maximum Gasteiger partial charge on any atom is 0.220 e. The predicted octanol–water partition coefficient (Wildman–Crippen LogP) is 1.09. The van der Waals surface area contributed by atoms with Gasteiger partial charge in [0.05, 0.1) is 6.10 Å². The highest BCUT2D eigenvalue weighted by atomic mass is 16.5. The molecule has 1 aliphatic heterocycles. The Bertz CT molecular complexity index is 214. The van der Waals surface area contributed by atoms with Gasteiger partial charge in [-0.3, -0.25) is 4.79 Å². The fourth-order valence-electron chi connectivity index (χ4n) is 1.47. The topological polar surface area (TPSA) is 38.3 Å².